The number of benzene rings is 2. The standard InChI is InChI=1S/C14H12BrFIN/c1-9-6-11(17)3-5-14(9)18-8-10-2-4-12(15)13(16)7-10/h2-7,18H,8H2,1H3. The third kappa shape index (κ3) is 3.45. The van der Waals surface area contributed by atoms with E-state index in [2.05, 4.69) is 62.9 Å². The minimum absolute atomic E-state index is 0.228. The summed E-state index contributed by atoms with van der Waals surface area (Å²) in [7, 11) is 0. The Morgan fingerprint density at radius 3 is 2.67 bits per heavy atom. The number of anilines is 1. The SMILES string of the molecule is Cc1cc(I)ccc1NCc1ccc(Br)c(F)c1. The Hall–Kier alpha value is -0.620. The lowest BCUT2D eigenvalue weighted by molar-refractivity contribution is 0.619. The van der Waals surface area contributed by atoms with E-state index in [1.165, 1.54) is 9.13 Å². The van der Waals surface area contributed by atoms with Gasteiger partial charge in [-0.3, -0.25) is 0 Å². The van der Waals surface area contributed by atoms with Gasteiger partial charge in [-0.05, 0) is 86.9 Å². The lowest BCUT2D eigenvalue weighted by Crippen LogP contribution is -2.01. The number of hydrogen-bond donors (Lipinski definition) is 1. The van der Waals surface area contributed by atoms with Crippen molar-refractivity contribution in [2.24, 2.45) is 0 Å². The molecule has 0 aliphatic heterocycles. The van der Waals surface area contributed by atoms with Gasteiger partial charge in [0.15, 0.2) is 0 Å². The maximum atomic E-state index is 13.4. The molecule has 18 heavy (non-hydrogen) atoms. The first-order valence-electron chi connectivity index (χ1n) is 5.50. The quantitative estimate of drug-likeness (QED) is 0.681. The molecule has 0 saturated carbocycles. The minimum atomic E-state index is -0.228. The molecule has 1 nitrogen and oxygen atoms in total. The van der Waals surface area contributed by atoms with Gasteiger partial charge in [-0.15, -0.1) is 0 Å². The third-order valence-corrected chi connectivity index (χ3v) is 3.97. The molecule has 1 N–H and O–H groups in total. The summed E-state index contributed by atoms with van der Waals surface area (Å²) in [5, 5.41) is 3.32. The summed E-state index contributed by atoms with van der Waals surface area (Å²) in [6.07, 6.45) is 0. The van der Waals surface area contributed by atoms with Gasteiger partial charge in [0.2, 0.25) is 0 Å². The zero-order valence-corrected chi connectivity index (χ0v) is 13.5. The normalized spacial score (nSPS) is 10.4. The largest absolute Gasteiger partial charge is 0.381 e. The van der Waals surface area contributed by atoms with E-state index in [-0.39, 0.29) is 5.82 Å². The smallest absolute Gasteiger partial charge is 0.137 e. The molecule has 0 saturated heterocycles. The maximum Gasteiger partial charge on any atom is 0.137 e. The summed E-state index contributed by atoms with van der Waals surface area (Å²) in [6, 6.07) is 11.4. The molecule has 0 fully saturated rings. The molecule has 2 rings (SSSR count). The second-order valence-corrected chi connectivity index (χ2v) is 6.16. The average molecular weight is 420 g/mol. The van der Waals surface area contributed by atoms with Crippen LogP contribution in [0.5, 0.6) is 0 Å². The van der Waals surface area contributed by atoms with E-state index in [0.29, 0.717) is 11.0 Å². The maximum absolute atomic E-state index is 13.4. The summed E-state index contributed by atoms with van der Waals surface area (Å²) in [4.78, 5) is 0. The fourth-order valence-corrected chi connectivity index (χ4v) is 2.57. The van der Waals surface area contributed by atoms with E-state index < -0.39 is 0 Å². The van der Waals surface area contributed by atoms with Crippen molar-refractivity contribution in [2.45, 2.75) is 13.5 Å². The highest BCUT2D eigenvalue weighted by atomic mass is 127. The molecule has 0 spiro atoms. The lowest BCUT2D eigenvalue weighted by Gasteiger charge is -2.10. The highest BCUT2D eigenvalue weighted by Gasteiger charge is 2.02. The number of rotatable bonds is 3. The molecule has 0 aliphatic rings. The number of halogens is 3. The van der Waals surface area contributed by atoms with Gasteiger partial charge in [0, 0.05) is 15.8 Å². The van der Waals surface area contributed by atoms with Crippen LogP contribution in [0.2, 0.25) is 0 Å². The molecule has 0 radical (unpaired) electrons. The van der Waals surface area contributed by atoms with Gasteiger partial charge in [-0.2, -0.15) is 0 Å². The van der Waals surface area contributed by atoms with Crippen LogP contribution in [-0.4, -0.2) is 0 Å². The van der Waals surface area contributed by atoms with Crippen LogP contribution in [-0.2, 0) is 6.54 Å². The number of hydrogen-bond acceptors (Lipinski definition) is 1. The molecule has 2 aromatic carbocycles. The molecule has 4 heteroatoms. The van der Waals surface area contributed by atoms with Crippen LogP contribution in [0, 0.1) is 16.3 Å². The van der Waals surface area contributed by atoms with Crippen LogP contribution in [0.15, 0.2) is 40.9 Å². The van der Waals surface area contributed by atoms with Crippen molar-refractivity contribution in [3.05, 3.63) is 61.4 Å². The molecule has 2 aromatic rings. The zero-order valence-electron chi connectivity index (χ0n) is 9.81. The van der Waals surface area contributed by atoms with E-state index in [9.17, 15) is 4.39 Å². The van der Waals surface area contributed by atoms with Crippen LogP contribution in [0.3, 0.4) is 0 Å². The van der Waals surface area contributed by atoms with Crippen LogP contribution in [0.1, 0.15) is 11.1 Å². The van der Waals surface area contributed by atoms with Crippen LogP contribution in [0.4, 0.5) is 10.1 Å². The second-order valence-electron chi connectivity index (χ2n) is 4.06. The number of aryl methyl sites for hydroxylation is 1. The molecule has 0 amide bonds. The zero-order chi connectivity index (χ0) is 13.1. The van der Waals surface area contributed by atoms with Gasteiger partial charge in [0.05, 0.1) is 4.47 Å². The van der Waals surface area contributed by atoms with Gasteiger partial charge in [0.1, 0.15) is 5.82 Å². The highest BCUT2D eigenvalue weighted by molar-refractivity contribution is 14.1. The number of nitrogens with one attached hydrogen (secondary N) is 1. The van der Waals surface area contributed by atoms with E-state index >= 15 is 0 Å². The topological polar surface area (TPSA) is 12.0 Å². The van der Waals surface area contributed by atoms with Gasteiger partial charge < -0.3 is 5.32 Å². The Labute approximate surface area is 128 Å². The van der Waals surface area contributed by atoms with Gasteiger partial charge >= 0.3 is 0 Å². The molecule has 0 aliphatic carbocycles. The predicted molar refractivity (Wildman–Crippen MR) is 85.3 cm³/mol. The Morgan fingerprint density at radius 2 is 2.00 bits per heavy atom. The van der Waals surface area contributed by atoms with Crippen molar-refractivity contribution in [1.29, 1.82) is 0 Å². The van der Waals surface area contributed by atoms with Crippen molar-refractivity contribution in [3.63, 3.8) is 0 Å². The fourth-order valence-electron chi connectivity index (χ4n) is 1.67. The molecular formula is C14H12BrFIN. The summed E-state index contributed by atoms with van der Waals surface area (Å²) in [6.45, 7) is 2.68. The van der Waals surface area contributed by atoms with Gasteiger partial charge in [-0.1, -0.05) is 6.07 Å². The predicted octanol–water partition coefficient (Wildman–Crippen LogP) is 5.11. The van der Waals surface area contributed by atoms with Crippen LogP contribution in [0.25, 0.3) is 0 Å². The first-order valence-corrected chi connectivity index (χ1v) is 7.37. The van der Waals surface area contributed by atoms with Gasteiger partial charge in [0.25, 0.3) is 0 Å². The molecule has 0 unspecified atom stereocenters. The van der Waals surface area contributed by atoms with Crippen molar-refractivity contribution < 1.29 is 4.39 Å². The first kappa shape index (κ1) is 13.8. The molecule has 0 heterocycles. The van der Waals surface area contributed by atoms with E-state index in [0.717, 1.165) is 11.3 Å². The van der Waals surface area contributed by atoms with E-state index in [4.69, 9.17) is 0 Å². The molecule has 0 atom stereocenters. The Balaban J connectivity index is 2.09. The minimum Gasteiger partial charge on any atom is -0.381 e. The molecular weight excluding hydrogens is 408 g/mol. The van der Waals surface area contributed by atoms with Crippen molar-refractivity contribution in [1.82, 2.24) is 0 Å². The van der Waals surface area contributed by atoms with Gasteiger partial charge in [-0.25, -0.2) is 4.39 Å². The van der Waals surface area contributed by atoms with E-state index in [1.54, 1.807) is 12.1 Å². The summed E-state index contributed by atoms with van der Waals surface area (Å²) in [5.41, 5.74) is 3.20. The highest BCUT2D eigenvalue weighted by Crippen LogP contribution is 2.20. The van der Waals surface area contributed by atoms with Crippen molar-refractivity contribution >= 4 is 44.2 Å². The summed E-state index contributed by atoms with van der Waals surface area (Å²) >= 11 is 5.44. The Morgan fingerprint density at radius 1 is 1.22 bits per heavy atom. The fraction of sp³-hybridized carbons (Fsp3) is 0.143. The van der Waals surface area contributed by atoms with Crippen molar-refractivity contribution in [2.75, 3.05) is 5.32 Å². The lowest BCUT2D eigenvalue weighted by atomic mass is 10.2. The Bertz CT molecular complexity index is 572. The van der Waals surface area contributed by atoms with Crippen LogP contribution < -0.4 is 5.32 Å². The first-order chi connectivity index (χ1) is 8.56. The Kier molecular flexibility index (Phi) is 4.61. The third-order valence-electron chi connectivity index (χ3n) is 2.66. The summed E-state index contributed by atoms with van der Waals surface area (Å²) < 4.78 is 15.1. The monoisotopic (exact) mass is 419 g/mol. The van der Waals surface area contributed by atoms with Crippen LogP contribution >= 0.6 is 38.5 Å². The molecule has 0 aromatic heterocycles. The molecule has 0 bridgehead atoms. The molecule has 94 valence electrons. The van der Waals surface area contributed by atoms with E-state index in [1.807, 2.05) is 12.1 Å². The second kappa shape index (κ2) is 6.02. The average Bonchev–Trinajstić information content (AvgIpc) is 2.32. The summed E-state index contributed by atoms with van der Waals surface area (Å²) in [5.74, 6) is -0.228. The van der Waals surface area contributed by atoms with Crippen molar-refractivity contribution in [3.8, 4) is 0 Å².